The molecular weight excluding hydrogens is 554 g/mol. The Bertz CT molecular complexity index is 1520. The van der Waals surface area contributed by atoms with Crippen molar-refractivity contribution in [3.8, 4) is 23.0 Å². The summed E-state index contributed by atoms with van der Waals surface area (Å²) in [6.07, 6.45) is 0.715. The van der Waals surface area contributed by atoms with E-state index in [2.05, 4.69) is 5.32 Å². The molecule has 2 saturated heterocycles. The van der Waals surface area contributed by atoms with Crippen molar-refractivity contribution in [1.29, 1.82) is 0 Å². The van der Waals surface area contributed by atoms with Crippen molar-refractivity contribution in [1.82, 2.24) is 15.1 Å². The van der Waals surface area contributed by atoms with E-state index < -0.39 is 11.8 Å². The molecule has 43 heavy (non-hydrogen) atoms. The minimum Gasteiger partial charge on any atom is -0.493 e. The van der Waals surface area contributed by atoms with Gasteiger partial charge in [-0.2, -0.15) is 0 Å². The number of methoxy groups -OCH3 is 2. The highest BCUT2D eigenvalue weighted by atomic mass is 16.7. The van der Waals surface area contributed by atoms with Crippen LogP contribution in [0.1, 0.15) is 39.1 Å². The Hall–Kier alpha value is -4.77. The summed E-state index contributed by atoms with van der Waals surface area (Å²) in [4.78, 5) is 44.2. The number of hydrogen-bond donors (Lipinski definition) is 1. The van der Waals surface area contributed by atoms with Crippen molar-refractivity contribution >= 4 is 17.7 Å². The lowest BCUT2D eigenvalue weighted by Gasteiger charge is -2.44. The highest BCUT2D eigenvalue weighted by Crippen LogP contribution is 2.39. The van der Waals surface area contributed by atoms with Crippen LogP contribution in [0.5, 0.6) is 23.0 Å². The number of likely N-dealkylation sites (tertiary alicyclic amines) is 1. The average Bonchev–Trinajstić information content (AvgIpc) is 3.68. The van der Waals surface area contributed by atoms with Gasteiger partial charge < -0.3 is 33.9 Å². The molecule has 0 aromatic heterocycles. The zero-order chi connectivity index (χ0) is 30.0. The van der Waals surface area contributed by atoms with Gasteiger partial charge in [0.1, 0.15) is 11.8 Å². The second-order valence-electron chi connectivity index (χ2n) is 10.6. The minimum atomic E-state index is -1.03. The Kier molecular flexibility index (Phi) is 7.81. The Labute approximate surface area is 249 Å². The van der Waals surface area contributed by atoms with Gasteiger partial charge >= 0.3 is 0 Å². The maximum Gasteiger partial charge on any atom is 0.256 e. The summed E-state index contributed by atoms with van der Waals surface area (Å²) in [7, 11) is 3.06. The molecule has 3 aromatic rings. The normalized spacial score (nSPS) is 18.4. The van der Waals surface area contributed by atoms with E-state index in [0.29, 0.717) is 60.1 Å². The van der Waals surface area contributed by atoms with Gasteiger partial charge in [-0.1, -0.05) is 24.3 Å². The topological polar surface area (TPSA) is 116 Å². The molecule has 2 fully saturated rings. The minimum absolute atomic E-state index is 0.0508. The van der Waals surface area contributed by atoms with Gasteiger partial charge in [-0.25, -0.2) is 0 Å². The number of hydrogen-bond acceptors (Lipinski definition) is 8. The first-order chi connectivity index (χ1) is 20.9. The van der Waals surface area contributed by atoms with Gasteiger partial charge in [0.25, 0.3) is 11.8 Å². The van der Waals surface area contributed by atoms with E-state index in [1.54, 1.807) is 65.4 Å². The molecule has 0 saturated carbocycles. The molecule has 3 amide bonds. The van der Waals surface area contributed by atoms with Crippen LogP contribution in [0.15, 0.2) is 66.7 Å². The number of amides is 3. The Morgan fingerprint density at radius 1 is 0.860 bits per heavy atom. The zero-order valence-electron chi connectivity index (χ0n) is 24.0. The zero-order valence-corrected chi connectivity index (χ0v) is 24.0. The predicted octanol–water partition coefficient (Wildman–Crippen LogP) is 3.22. The Morgan fingerprint density at radius 2 is 1.60 bits per heavy atom. The summed E-state index contributed by atoms with van der Waals surface area (Å²) < 4.78 is 27.8. The second kappa shape index (κ2) is 11.8. The molecule has 3 aliphatic heterocycles. The van der Waals surface area contributed by atoms with Crippen molar-refractivity contribution in [2.24, 2.45) is 0 Å². The van der Waals surface area contributed by atoms with Crippen molar-refractivity contribution in [3.63, 3.8) is 0 Å². The van der Waals surface area contributed by atoms with Crippen LogP contribution in [-0.4, -0.2) is 80.0 Å². The van der Waals surface area contributed by atoms with Crippen LogP contribution < -0.4 is 24.3 Å². The van der Waals surface area contributed by atoms with E-state index in [1.165, 1.54) is 7.11 Å². The monoisotopic (exact) mass is 587 g/mol. The van der Waals surface area contributed by atoms with Crippen molar-refractivity contribution < 1.29 is 38.1 Å². The van der Waals surface area contributed by atoms with Crippen LogP contribution in [0.25, 0.3) is 0 Å². The van der Waals surface area contributed by atoms with Crippen molar-refractivity contribution in [2.75, 3.05) is 40.7 Å². The number of fused-ring (bicyclic) bond motifs is 1. The lowest BCUT2D eigenvalue weighted by molar-refractivity contribution is -0.128. The molecule has 1 spiro atoms. The molecule has 3 heterocycles. The van der Waals surface area contributed by atoms with Crippen LogP contribution in [0, 0.1) is 0 Å². The maximum absolute atomic E-state index is 13.9. The number of piperidine rings is 1. The van der Waals surface area contributed by atoms with E-state index in [1.807, 2.05) is 18.2 Å². The van der Waals surface area contributed by atoms with Gasteiger partial charge in [0.2, 0.25) is 12.7 Å². The third kappa shape index (κ3) is 5.43. The quantitative estimate of drug-likeness (QED) is 0.448. The standard InChI is InChI=1S/C32H33N3O8/c1-39-25-11-9-23(17-27(25)40-2)30(37)34-14-12-32(13-15-34)35(31(38)22-6-4-3-5-7-22)24(19-43-32)29(36)33-18-21-8-10-26-28(16-21)42-20-41-26/h3-11,16-17,24H,12-15,18-20H2,1-2H3,(H,33,36). The van der Waals surface area contributed by atoms with Gasteiger partial charge in [-0.05, 0) is 48.0 Å². The molecule has 0 radical (unpaired) electrons. The molecule has 0 bridgehead atoms. The lowest BCUT2D eigenvalue weighted by Crippen LogP contribution is -2.59. The Morgan fingerprint density at radius 3 is 2.35 bits per heavy atom. The summed E-state index contributed by atoms with van der Waals surface area (Å²) in [5.41, 5.74) is 0.750. The Balaban J connectivity index is 1.19. The third-order valence-corrected chi connectivity index (χ3v) is 8.17. The van der Waals surface area contributed by atoms with E-state index in [0.717, 1.165) is 5.56 Å². The number of rotatable bonds is 7. The second-order valence-corrected chi connectivity index (χ2v) is 10.6. The van der Waals surface area contributed by atoms with Crippen LogP contribution in [0.4, 0.5) is 0 Å². The van der Waals surface area contributed by atoms with Crippen molar-refractivity contribution in [3.05, 3.63) is 83.4 Å². The van der Waals surface area contributed by atoms with E-state index in [4.69, 9.17) is 23.7 Å². The number of nitrogens with zero attached hydrogens (tertiary/aromatic N) is 2. The fraction of sp³-hybridized carbons (Fsp3) is 0.344. The van der Waals surface area contributed by atoms with E-state index >= 15 is 0 Å². The number of ether oxygens (including phenoxy) is 5. The summed E-state index contributed by atoms with van der Waals surface area (Å²) in [6.45, 7) is 1.16. The molecular formula is C32H33N3O8. The van der Waals surface area contributed by atoms with Crippen molar-refractivity contribution in [2.45, 2.75) is 31.2 Å². The summed E-state index contributed by atoms with van der Waals surface area (Å²) in [6, 6.07) is 18.6. The molecule has 3 aliphatic rings. The number of carbonyl (C=O) groups is 3. The van der Waals surface area contributed by atoms with Gasteiger partial charge in [-0.3, -0.25) is 19.3 Å². The third-order valence-electron chi connectivity index (χ3n) is 8.17. The van der Waals surface area contributed by atoms with Gasteiger partial charge in [0, 0.05) is 43.6 Å². The maximum atomic E-state index is 13.9. The average molecular weight is 588 g/mol. The van der Waals surface area contributed by atoms with Gasteiger partial charge in [0.05, 0.1) is 20.8 Å². The fourth-order valence-electron chi connectivity index (χ4n) is 5.86. The highest BCUT2D eigenvalue weighted by molar-refractivity contribution is 5.98. The van der Waals surface area contributed by atoms with Gasteiger partial charge in [0.15, 0.2) is 23.0 Å². The molecule has 224 valence electrons. The fourth-order valence-corrected chi connectivity index (χ4v) is 5.86. The van der Waals surface area contributed by atoms with Gasteiger partial charge in [-0.15, -0.1) is 0 Å². The van der Waals surface area contributed by atoms with Crippen LogP contribution in [0.2, 0.25) is 0 Å². The first kappa shape index (κ1) is 28.4. The molecule has 11 nitrogen and oxygen atoms in total. The predicted molar refractivity (Wildman–Crippen MR) is 154 cm³/mol. The summed E-state index contributed by atoms with van der Waals surface area (Å²) in [5.74, 6) is 1.53. The molecule has 1 atom stereocenters. The largest absolute Gasteiger partial charge is 0.493 e. The number of benzene rings is 3. The molecule has 3 aromatic carbocycles. The van der Waals surface area contributed by atoms with E-state index in [-0.39, 0.29) is 37.7 Å². The first-order valence-electron chi connectivity index (χ1n) is 14.1. The summed E-state index contributed by atoms with van der Waals surface area (Å²) >= 11 is 0. The van der Waals surface area contributed by atoms with Crippen LogP contribution >= 0.6 is 0 Å². The number of carbonyl (C=O) groups excluding carboxylic acids is 3. The molecule has 0 aliphatic carbocycles. The van der Waals surface area contributed by atoms with Crippen LogP contribution in [-0.2, 0) is 16.1 Å². The van der Waals surface area contributed by atoms with E-state index in [9.17, 15) is 14.4 Å². The highest BCUT2D eigenvalue weighted by Gasteiger charge is 2.54. The lowest BCUT2D eigenvalue weighted by atomic mass is 9.96. The SMILES string of the molecule is COc1ccc(C(=O)N2CCC3(CC2)OCC(C(=O)NCc2ccc4c(c2)OCO4)N3C(=O)c2ccccc2)cc1OC. The smallest absolute Gasteiger partial charge is 0.256 e. The molecule has 6 rings (SSSR count). The summed E-state index contributed by atoms with van der Waals surface area (Å²) in [5, 5.41) is 2.96. The molecule has 1 N–H and O–H groups in total. The number of nitrogens with one attached hydrogen (secondary N) is 1. The molecule has 11 heteroatoms. The first-order valence-corrected chi connectivity index (χ1v) is 14.1. The molecule has 1 unspecified atom stereocenters. The van der Waals surface area contributed by atoms with Crippen LogP contribution in [0.3, 0.4) is 0 Å².